The maximum atomic E-state index is 5.69. The molecule has 0 bridgehead atoms. The van der Waals surface area contributed by atoms with E-state index in [9.17, 15) is 0 Å². The van der Waals surface area contributed by atoms with Gasteiger partial charge in [-0.3, -0.25) is 0 Å². The second kappa shape index (κ2) is 4.61. The second-order valence-electron chi connectivity index (χ2n) is 3.86. The monoisotopic (exact) mass is 319 g/mol. The van der Waals surface area contributed by atoms with E-state index in [1.54, 1.807) is 6.33 Å². The minimum Gasteiger partial charge on any atom is -0.372 e. The minimum absolute atomic E-state index is 0.263. The maximum absolute atomic E-state index is 5.69. The lowest BCUT2D eigenvalue weighted by molar-refractivity contribution is -0.00551. The highest BCUT2D eigenvalue weighted by molar-refractivity contribution is 14.1. The molecule has 2 atom stereocenters. The van der Waals surface area contributed by atoms with Crippen molar-refractivity contribution >= 4 is 28.4 Å². The number of ether oxygens (including phenoxy) is 1. The number of hydrogen-bond acceptors (Lipinski definition) is 4. The van der Waals surface area contributed by atoms with Gasteiger partial charge in [0.15, 0.2) is 0 Å². The Bertz CT molecular complexity index is 337. The molecule has 5 heteroatoms. The Morgan fingerprint density at radius 1 is 1.40 bits per heavy atom. The van der Waals surface area contributed by atoms with Crippen molar-refractivity contribution in [2.24, 2.45) is 0 Å². The zero-order chi connectivity index (χ0) is 10.8. The minimum atomic E-state index is 0.263. The van der Waals surface area contributed by atoms with E-state index in [0.29, 0.717) is 0 Å². The van der Waals surface area contributed by atoms with Crippen molar-refractivity contribution in [1.82, 2.24) is 9.97 Å². The van der Waals surface area contributed by atoms with Crippen LogP contribution in [-0.4, -0.2) is 35.3 Å². The summed E-state index contributed by atoms with van der Waals surface area (Å²) in [4.78, 5) is 10.6. The highest BCUT2D eigenvalue weighted by Gasteiger charge is 2.24. The fraction of sp³-hybridized carbons (Fsp3) is 0.600. The van der Waals surface area contributed by atoms with Gasteiger partial charge in [-0.2, -0.15) is 0 Å². The molecule has 0 saturated carbocycles. The van der Waals surface area contributed by atoms with Crippen molar-refractivity contribution in [3.8, 4) is 0 Å². The molecule has 15 heavy (non-hydrogen) atoms. The molecule has 0 radical (unpaired) electrons. The Hall–Kier alpha value is -0.430. The normalized spacial score (nSPS) is 26.7. The first kappa shape index (κ1) is 11.1. The Morgan fingerprint density at radius 2 is 2.07 bits per heavy atom. The summed E-state index contributed by atoms with van der Waals surface area (Å²) in [6.07, 6.45) is 3.97. The molecular formula is C10H14IN3O. The second-order valence-corrected chi connectivity index (χ2v) is 5.02. The molecule has 2 heterocycles. The quantitative estimate of drug-likeness (QED) is 0.739. The van der Waals surface area contributed by atoms with Crippen molar-refractivity contribution in [2.75, 3.05) is 18.0 Å². The molecule has 1 saturated heterocycles. The summed E-state index contributed by atoms with van der Waals surface area (Å²) in [7, 11) is 0. The molecule has 82 valence electrons. The Morgan fingerprint density at radius 3 is 2.67 bits per heavy atom. The van der Waals surface area contributed by atoms with E-state index in [4.69, 9.17) is 4.74 Å². The van der Waals surface area contributed by atoms with Gasteiger partial charge in [-0.1, -0.05) is 0 Å². The first-order valence-electron chi connectivity index (χ1n) is 5.02. The topological polar surface area (TPSA) is 38.2 Å². The molecule has 1 aromatic heterocycles. The predicted octanol–water partition coefficient (Wildman–Crippen LogP) is 1.69. The number of rotatable bonds is 1. The SMILES string of the molecule is CC1CN(c2ncncc2I)CC(C)O1. The van der Waals surface area contributed by atoms with Crippen LogP contribution in [0.2, 0.25) is 0 Å². The van der Waals surface area contributed by atoms with E-state index in [-0.39, 0.29) is 12.2 Å². The third-order valence-corrected chi connectivity index (χ3v) is 3.13. The standard InChI is InChI=1S/C10H14IN3O/c1-7-4-14(5-8(2)15-7)10-9(11)3-12-6-13-10/h3,6-8H,4-5H2,1-2H3. The summed E-state index contributed by atoms with van der Waals surface area (Å²) in [6.45, 7) is 5.99. The van der Waals surface area contributed by atoms with Crippen LogP contribution in [0.15, 0.2) is 12.5 Å². The van der Waals surface area contributed by atoms with Crippen LogP contribution in [0, 0.1) is 3.57 Å². The molecule has 0 aliphatic carbocycles. The van der Waals surface area contributed by atoms with Gasteiger partial charge in [0.25, 0.3) is 0 Å². The molecule has 0 spiro atoms. The molecular weight excluding hydrogens is 305 g/mol. The number of hydrogen-bond donors (Lipinski definition) is 0. The average molecular weight is 319 g/mol. The molecule has 0 aromatic carbocycles. The van der Waals surface area contributed by atoms with Crippen LogP contribution >= 0.6 is 22.6 Å². The van der Waals surface area contributed by atoms with Gasteiger partial charge in [0.1, 0.15) is 12.1 Å². The van der Waals surface area contributed by atoms with Gasteiger partial charge in [-0.05, 0) is 36.4 Å². The van der Waals surface area contributed by atoms with Crippen LogP contribution in [-0.2, 0) is 4.74 Å². The van der Waals surface area contributed by atoms with E-state index in [2.05, 4.69) is 51.3 Å². The Balaban J connectivity index is 2.20. The first-order valence-corrected chi connectivity index (χ1v) is 6.10. The smallest absolute Gasteiger partial charge is 0.145 e. The molecule has 1 fully saturated rings. The molecule has 4 nitrogen and oxygen atoms in total. The van der Waals surface area contributed by atoms with Crippen molar-refractivity contribution < 1.29 is 4.74 Å². The number of halogens is 1. The number of nitrogens with zero attached hydrogens (tertiary/aromatic N) is 3. The molecule has 1 aromatic rings. The maximum Gasteiger partial charge on any atom is 0.145 e. The van der Waals surface area contributed by atoms with Gasteiger partial charge in [0, 0.05) is 19.3 Å². The van der Waals surface area contributed by atoms with E-state index in [1.165, 1.54) is 0 Å². The summed E-state index contributed by atoms with van der Waals surface area (Å²) in [5.74, 6) is 1.02. The van der Waals surface area contributed by atoms with Crippen LogP contribution in [0.5, 0.6) is 0 Å². The van der Waals surface area contributed by atoms with Gasteiger partial charge >= 0.3 is 0 Å². The van der Waals surface area contributed by atoms with Gasteiger partial charge in [0.05, 0.1) is 15.8 Å². The van der Waals surface area contributed by atoms with E-state index in [1.807, 2.05) is 6.20 Å². The molecule has 1 aliphatic rings. The van der Waals surface area contributed by atoms with Crippen molar-refractivity contribution in [1.29, 1.82) is 0 Å². The first-order chi connectivity index (χ1) is 7.16. The van der Waals surface area contributed by atoms with Crippen LogP contribution in [0.3, 0.4) is 0 Å². The number of aromatic nitrogens is 2. The summed E-state index contributed by atoms with van der Waals surface area (Å²) in [5.41, 5.74) is 0. The molecule has 0 amide bonds. The van der Waals surface area contributed by atoms with Crippen LogP contribution < -0.4 is 4.90 Å². The van der Waals surface area contributed by atoms with E-state index in [0.717, 1.165) is 22.5 Å². The zero-order valence-corrected chi connectivity index (χ0v) is 11.0. The van der Waals surface area contributed by atoms with Gasteiger partial charge in [-0.15, -0.1) is 0 Å². The molecule has 0 N–H and O–H groups in total. The third-order valence-electron chi connectivity index (χ3n) is 2.37. The summed E-state index contributed by atoms with van der Waals surface area (Å²) in [5, 5.41) is 0. The van der Waals surface area contributed by atoms with E-state index < -0.39 is 0 Å². The van der Waals surface area contributed by atoms with Gasteiger partial charge in [0.2, 0.25) is 0 Å². The highest BCUT2D eigenvalue weighted by atomic mass is 127. The van der Waals surface area contributed by atoms with Crippen LogP contribution in [0.1, 0.15) is 13.8 Å². The zero-order valence-electron chi connectivity index (χ0n) is 8.85. The fourth-order valence-electron chi connectivity index (χ4n) is 1.89. The molecule has 2 rings (SSSR count). The van der Waals surface area contributed by atoms with Crippen molar-refractivity contribution in [3.05, 3.63) is 16.1 Å². The summed E-state index contributed by atoms with van der Waals surface area (Å²) in [6, 6.07) is 0. The third kappa shape index (κ3) is 2.57. The number of morpholine rings is 1. The molecule has 1 aliphatic heterocycles. The average Bonchev–Trinajstić information content (AvgIpc) is 2.16. The van der Waals surface area contributed by atoms with Crippen molar-refractivity contribution in [2.45, 2.75) is 26.1 Å². The van der Waals surface area contributed by atoms with E-state index >= 15 is 0 Å². The highest BCUT2D eigenvalue weighted by Crippen LogP contribution is 2.22. The van der Waals surface area contributed by atoms with Crippen molar-refractivity contribution in [3.63, 3.8) is 0 Å². The van der Waals surface area contributed by atoms with Crippen LogP contribution in [0.4, 0.5) is 5.82 Å². The van der Waals surface area contributed by atoms with Crippen LogP contribution in [0.25, 0.3) is 0 Å². The van der Waals surface area contributed by atoms with Gasteiger partial charge in [-0.25, -0.2) is 9.97 Å². The lowest BCUT2D eigenvalue weighted by Gasteiger charge is -2.36. The summed E-state index contributed by atoms with van der Waals surface area (Å²) < 4.78 is 6.78. The fourth-order valence-corrected chi connectivity index (χ4v) is 2.53. The number of anilines is 1. The lowest BCUT2D eigenvalue weighted by atomic mass is 10.2. The predicted molar refractivity (Wildman–Crippen MR) is 67.0 cm³/mol. The van der Waals surface area contributed by atoms with Gasteiger partial charge < -0.3 is 9.64 Å². The summed E-state index contributed by atoms with van der Waals surface area (Å²) >= 11 is 2.27. The molecule has 2 unspecified atom stereocenters. The largest absolute Gasteiger partial charge is 0.372 e. The Kier molecular flexibility index (Phi) is 3.40. The lowest BCUT2D eigenvalue weighted by Crippen LogP contribution is -2.46. The Labute approximate surface area is 103 Å².